The summed E-state index contributed by atoms with van der Waals surface area (Å²) >= 11 is 0. The largest absolute Gasteiger partial charge is 0.423 e. The van der Waals surface area contributed by atoms with Crippen molar-refractivity contribution < 1.29 is 9.34 Å². The molecule has 0 amide bonds. The van der Waals surface area contributed by atoms with Crippen molar-refractivity contribution in [3.63, 3.8) is 0 Å². The van der Waals surface area contributed by atoms with E-state index in [1.54, 1.807) is 18.5 Å². The molecule has 2 aromatic heterocycles. The lowest BCUT2D eigenvalue weighted by molar-refractivity contribution is -0.384. The van der Waals surface area contributed by atoms with Crippen LogP contribution in [0.15, 0.2) is 35.0 Å². The summed E-state index contributed by atoms with van der Waals surface area (Å²) in [6, 6.07) is 4.59. The van der Waals surface area contributed by atoms with Crippen LogP contribution in [0.5, 0.6) is 0 Å². The number of imidazole rings is 1. The molecule has 0 aliphatic carbocycles. The molecule has 0 aliphatic rings. The van der Waals surface area contributed by atoms with Gasteiger partial charge in [-0.2, -0.15) is 4.98 Å². The van der Waals surface area contributed by atoms with Gasteiger partial charge in [0.1, 0.15) is 11.3 Å². The number of aromatic amines is 1. The van der Waals surface area contributed by atoms with Gasteiger partial charge in [0.15, 0.2) is 5.58 Å². The van der Waals surface area contributed by atoms with Gasteiger partial charge in [-0.25, -0.2) is 4.98 Å². The number of fused-ring (bicyclic) bond motifs is 1. The fourth-order valence-electron chi connectivity index (χ4n) is 1.66. The summed E-state index contributed by atoms with van der Waals surface area (Å²) in [5.41, 5.74) is 0.907. The minimum Gasteiger partial charge on any atom is -0.423 e. The predicted molar refractivity (Wildman–Crippen MR) is 66.6 cm³/mol. The fraction of sp³-hybridized carbons (Fsp3) is 0.0909. The lowest BCUT2D eigenvalue weighted by atomic mass is 10.3. The number of oxazole rings is 1. The van der Waals surface area contributed by atoms with E-state index in [0.29, 0.717) is 23.7 Å². The molecule has 0 saturated carbocycles. The third-order valence-electron chi connectivity index (χ3n) is 2.54. The Balaban J connectivity index is 1.83. The molecule has 2 N–H and O–H groups in total. The van der Waals surface area contributed by atoms with Gasteiger partial charge in [0, 0.05) is 18.5 Å². The van der Waals surface area contributed by atoms with Gasteiger partial charge in [-0.15, -0.1) is 0 Å². The summed E-state index contributed by atoms with van der Waals surface area (Å²) in [7, 11) is 0. The number of nitro groups is 1. The molecule has 96 valence electrons. The Kier molecular flexibility index (Phi) is 2.60. The Morgan fingerprint density at radius 1 is 1.47 bits per heavy atom. The average molecular weight is 259 g/mol. The zero-order chi connectivity index (χ0) is 13.2. The Hall–Kier alpha value is -2.90. The second-order valence-electron chi connectivity index (χ2n) is 3.82. The molecule has 8 heteroatoms. The van der Waals surface area contributed by atoms with Gasteiger partial charge in [-0.3, -0.25) is 10.1 Å². The van der Waals surface area contributed by atoms with Gasteiger partial charge in [0.05, 0.1) is 17.5 Å². The molecule has 0 atom stereocenters. The number of H-pyrrole nitrogens is 1. The predicted octanol–water partition coefficient (Wildman–Crippen LogP) is 2.07. The number of hydrogen-bond acceptors (Lipinski definition) is 6. The van der Waals surface area contributed by atoms with Crippen LogP contribution in [0.25, 0.3) is 11.1 Å². The highest BCUT2D eigenvalue weighted by molar-refractivity contribution is 5.77. The highest BCUT2D eigenvalue weighted by atomic mass is 16.6. The number of nitro benzene ring substituents is 1. The van der Waals surface area contributed by atoms with Gasteiger partial charge in [0.25, 0.3) is 11.7 Å². The maximum atomic E-state index is 10.6. The molecule has 3 rings (SSSR count). The van der Waals surface area contributed by atoms with Crippen LogP contribution in [0.1, 0.15) is 5.82 Å². The first-order chi connectivity index (χ1) is 9.22. The first-order valence-electron chi connectivity index (χ1n) is 5.49. The molecule has 8 nitrogen and oxygen atoms in total. The van der Waals surface area contributed by atoms with Crippen LogP contribution in [-0.4, -0.2) is 19.9 Å². The normalized spacial score (nSPS) is 10.7. The number of nitrogens with one attached hydrogen (secondary N) is 2. The van der Waals surface area contributed by atoms with Gasteiger partial charge in [-0.1, -0.05) is 0 Å². The summed E-state index contributed by atoms with van der Waals surface area (Å²) in [5, 5.41) is 13.6. The minimum atomic E-state index is -0.474. The molecule has 2 heterocycles. The Morgan fingerprint density at radius 3 is 3.11 bits per heavy atom. The first-order valence-corrected chi connectivity index (χ1v) is 5.49. The maximum absolute atomic E-state index is 10.6. The van der Waals surface area contributed by atoms with Crippen LogP contribution in [0, 0.1) is 10.1 Å². The topological polar surface area (TPSA) is 110 Å². The molecule has 3 aromatic rings. The van der Waals surface area contributed by atoms with Crippen molar-refractivity contribution in [3.05, 3.63) is 46.5 Å². The molecule has 0 unspecified atom stereocenters. The average Bonchev–Trinajstić information content (AvgIpc) is 3.04. The van der Waals surface area contributed by atoms with Gasteiger partial charge < -0.3 is 14.7 Å². The van der Waals surface area contributed by atoms with E-state index in [0.717, 1.165) is 5.82 Å². The molecule has 0 bridgehead atoms. The number of rotatable bonds is 4. The van der Waals surface area contributed by atoms with E-state index in [4.69, 9.17) is 4.42 Å². The lowest BCUT2D eigenvalue weighted by Gasteiger charge is -1.96. The van der Waals surface area contributed by atoms with Crippen molar-refractivity contribution in [2.24, 2.45) is 0 Å². The second-order valence-corrected chi connectivity index (χ2v) is 3.82. The standard InChI is InChI=1S/C11H9N5O3/c17-16(18)7-1-2-8-9(5-7)19-11(15-8)14-6-10-12-3-4-13-10/h1-5H,6H2,(H,12,13)(H,14,15). The number of nitrogens with zero attached hydrogens (tertiary/aromatic N) is 3. The van der Waals surface area contributed by atoms with E-state index in [-0.39, 0.29) is 5.69 Å². The quantitative estimate of drug-likeness (QED) is 0.548. The van der Waals surface area contributed by atoms with Crippen LogP contribution in [0.2, 0.25) is 0 Å². The minimum absolute atomic E-state index is 0.0266. The number of anilines is 1. The van der Waals surface area contributed by atoms with Crippen molar-refractivity contribution in [1.82, 2.24) is 15.0 Å². The van der Waals surface area contributed by atoms with Crippen molar-refractivity contribution in [3.8, 4) is 0 Å². The van der Waals surface area contributed by atoms with Gasteiger partial charge in [0.2, 0.25) is 0 Å². The molecule has 0 saturated heterocycles. The smallest absolute Gasteiger partial charge is 0.296 e. The SMILES string of the molecule is O=[N+]([O-])c1ccc2nc(NCc3ncc[nH]3)oc2c1. The van der Waals surface area contributed by atoms with Crippen molar-refractivity contribution in [2.45, 2.75) is 6.54 Å². The molecule has 0 aliphatic heterocycles. The number of aromatic nitrogens is 3. The van der Waals surface area contributed by atoms with Crippen LogP contribution < -0.4 is 5.32 Å². The maximum Gasteiger partial charge on any atom is 0.296 e. The zero-order valence-electron chi connectivity index (χ0n) is 9.66. The van der Waals surface area contributed by atoms with E-state index in [1.807, 2.05) is 0 Å². The Bertz CT molecular complexity index is 719. The summed E-state index contributed by atoms with van der Waals surface area (Å²) < 4.78 is 5.39. The molecular formula is C11H9N5O3. The number of non-ortho nitro benzene ring substituents is 1. The Morgan fingerprint density at radius 2 is 2.37 bits per heavy atom. The van der Waals surface area contributed by atoms with E-state index < -0.39 is 4.92 Å². The van der Waals surface area contributed by atoms with E-state index in [9.17, 15) is 10.1 Å². The summed E-state index contributed by atoms with van der Waals surface area (Å²) in [5.74, 6) is 0.744. The number of benzene rings is 1. The third kappa shape index (κ3) is 2.23. The van der Waals surface area contributed by atoms with Crippen LogP contribution in [0.4, 0.5) is 11.7 Å². The molecule has 0 fully saturated rings. The molecule has 0 spiro atoms. The molecule has 1 aromatic carbocycles. The second kappa shape index (κ2) is 4.41. The monoisotopic (exact) mass is 259 g/mol. The molecular weight excluding hydrogens is 250 g/mol. The van der Waals surface area contributed by atoms with Crippen molar-refractivity contribution >= 4 is 22.8 Å². The summed E-state index contributed by atoms with van der Waals surface area (Å²) in [6.45, 7) is 0.432. The van der Waals surface area contributed by atoms with Crippen LogP contribution in [0.3, 0.4) is 0 Å². The van der Waals surface area contributed by atoms with E-state index in [2.05, 4.69) is 20.3 Å². The highest BCUT2D eigenvalue weighted by Gasteiger charge is 2.11. The zero-order valence-corrected chi connectivity index (χ0v) is 9.66. The van der Waals surface area contributed by atoms with Crippen LogP contribution in [-0.2, 0) is 6.54 Å². The third-order valence-corrected chi connectivity index (χ3v) is 2.54. The summed E-state index contributed by atoms with van der Waals surface area (Å²) in [6.07, 6.45) is 3.36. The number of hydrogen-bond donors (Lipinski definition) is 2. The van der Waals surface area contributed by atoms with Crippen molar-refractivity contribution in [1.29, 1.82) is 0 Å². The Labute approximate surface area is 106 Å². The molecule has 0 radical (unpaired) electrons. The van der Waals surface area contributed by atoms with Gasteiger partial charge in [-0.05, 0) is 6.07 Å². The molecule has 19 heavy (non-hydrogen) atoms. The van der Waals surface area contributed by atoms with Crippen molar-refractivity contribution in [2.75, 3.05) is 5.32 Å². The summed E-state index contributed by atoms with van der Waals surface area (Å²) in [4.78, 5) is 21.3. The first kappa shape index (κ1) is 11.2. The lowest BCUT2D eigenvalue weighted by Crippen LogP contribution is -2.00. The van der Waals surface area contributed by atoms with E-state index >= 15 is 0 Å². The van der Waals surface area contributed by atoms with Gasteiger partial charge >= 0.3 is 0 Å². The fourth-order valence-corrected chi connectivity index (χ4v) is 1.66. The van der Waals surface area contributed by atoms with E-state index in [1.165, 1.54) is 12.1 Å². The highest BCUT2D eigenvalue weighted by Crippen LogP contribution is 2.23. The van der Waals surface area contributed by atoms with Crippen LogP contribution >= 0.6 is 0 Å².